The van der Waals surface area contributed by atoms with E-state index in [2.05, 4.69) is 4.90 Å². The van der Waals surface area contributed by atoms with Crippen LogP contribution in [0.2, 0.25) is 5.02 Å². The zero-order valence-corrected chi connectivity index (χ0v) is 16.1. The van der Waals surface area contributed by atoms with Gasteiger partial charge in [-0.1, -0.05) is 23.7 Å². The highest BCUT2D eigenvalue weighted by atomic mass is 35.5. The van der Waals surface area contributed by atoms with Crippen LogP contribution in [0.25, 0.3) is 0 Å². The number of amides is 1. The number of ether oxygens (including phenoxy) is 2. The molecule has 0 saturated carbocycles. The standard InChI is InChI=1S/C20H20ClFN2O4/c1-27-14-6-7-15(17(22)12-14)20(26)28-13-19(25)24-10-8-23(9-11-24)18-5-3-2-4-16(18)21/h2-7,12H,8-11,13H2,1H3. The van der Waals surface area contributed by atoms with Crippen molar-refractivity contribution in [3.05, 3.63) is 58.9 Å². The van der Waals surface area contributed by atoms with Crippen molar-refractivity contribution in [1.29, 1.82) is 0 Å². The predicted octanol–water partition coefficient (Wildman–Crippen LogP) is 2.99. The number of rotatable bonds is 5. The summed E-state index contributed by atoms with van der Waals surface area (Å²) >= 11 is 6.21. The summed E-state index contributed by atoms with van der Waals surface area (Å²) < 4.78 is 23.8. The predicted molar refractivity (Wildman–Crippen MR) is 103 cm³/mol. The number of hydrogen-bond acceptors (Lipinski definition) is 5. The van der Waals surface area contributed by atoms with Crippen molar-refractivity contribution in [3.8, 4) is 5.75 Å². The molecule has 0 radical (unpaired) electrons. The van der Waals surface area contributed by atoms with Crippen LogP contribution in [0.4, 0.5) is 10.1 Å². The molecule has 6 nitrogen and oxygen atoms in total. The molecule has 1 heterocycles. The van der Waals surface area contributed by atoms with Crippen LogP contribution in [0, 0.1) is 5.82 Å². The quantitative estimate of drug-likeness (QED) is 0.714. The lowest BCUT2D eigenvalue weighted by Gasteiger charge is -2.36. The van der Waals surface area contributed by atoms with Gasteiger partial charge in [-0.25, -0.2) is 9.18 Å². The van der Waals surface area contributed by atoms with E-state index in [1.54, 1.807) is 4.90 Å². The molecule has 1 amide bonds. The lowest BCUT2D eigenvalue weighted by molar-refractivity contribution is -0.134. The molecule has 1 fully saturated rings. The first-order chi connectivity index (χ1) is 13.5. The third-order valence-electron chi connectivity index (χ3n) is 4.55. The molecule has 0 aliphatic carbocycles. The minimum absolute atomic E-state index is 0.239. The Balaban J connectivity index is 1.51. The van der Waals surface area contributed by atoms with Gasteiger partial charge in [0.05, 0.1) is 23.4 Å². The van der Waals surface area contributed by atoms with Gasteiger partial charge in [-0.05, 0) is 24.3 Å². The lowest BCUT2D eigenvalue weighted by atomic mass is 10.2. The highest BCUT2D eigenvalue weighted by molar-refractivity contribution is 6.33. The minimum atomic E-state index is -0.886. The van der Waals surface area contributed by atoms with Crippen molar-refractivity contribution in [1.82, 2.24) is 4.90 Å². The molecule has 148 valence electrons. The van der Waals surface area contributed by atoms with Crippen molar-refractivity contribution in [3.63, 3.8) is 0 Å². The van der Waals surface area contributed by atoms with Crippen molar-refractivity contribution < 1.29 is 23.5 Å². The third kappa shape index (κ3) is 4.54. The first-order valence-electron chi connectivity index (χ1n) is 8.77. The highest BCUT2D eigenvalue weighted by Crippen LogP contribution is 2.26. The Labute approximate surface area is 167 Å². The number of carbonyl (C=O) groups is 2. The summed E-state index contributed by atoms with van der Waals surface area (Å²) in [5, 5.41) is 0.665. The number of esters is 1. The number of methoxy groups -OCH3 is 1. The normalized spacial score (nSPS) is 14.0. The van der Waals surface area contributed by atoms with Gasteiger partial charge in [0.1, 0.15) is 11.6 Å². The molecule has 1 aliphatic rings. The van der Waals surface area contributed by atoms with Crippen LogP contribution in [0.1, 0.15) is 10.4 Å². The molecule has 1 saturated heterocycles. The Morgan fingerprint density at radius 2 is 1.82 bits per heavy atom. The van der Waals surface area contributed by atoms with Crippen LogP contribution in [0.3, 0.4) is 0 Å². The molecule has 2 aromatic rings. The third-order valence-corrected chi connectivity index (χ3v) is 4.87. The van der Waals surface area contributed by atoms with E-state index in [-0.39, 0.29) is 11.5 Å². The van der Waals surface area contributed by atoms with E-state index in [4.69, 9.17) is 21.1 Å². The summed E-state index contributed by atoms with van der Waals surface area (Å²) in [6, 6.07) is 11.4. The topological polar surface area (TPSA) is 59.1 Å². The number of halogens is 2. The number of nitrogens with zero attached hydrogens (tertiary/aromatic N) is 2. The van der Waals surface area contributed by atoms with Gasteiger partial charge in [0, 0.05) is 32.2 Å². The van der Waals surface area contributed by atoms with Crippen LogP contribution in [-0.2, 0) is 9.53 Å². The first-order valence-corrected chi connectivity index (χ1v) is 9.15. The average Bonchev–Trinajstić information content (AvgIpc) is 2.72. The lowest BCUT2D eigenvalue weighted by Crippen LogP contribution is -2.50. The van der Waals surface area contributed by atoms with Crippen molar-refractivity contribution in [2.75, 3.05) is 44.8 Å². The summed E-state index contributed by atoms with van der Waals surface area (Å²) in [5.41, 5.74) is 0.690. The maximum Gasteiger partial charge on any atom is 0.341 e. The molecular formula is C20H20ClFN2O4. The number of benzene rings is 2. The summed E-state index contributed by atoms with van der Waals surface area (Å²) in [6.07, 6.45) is 0. The molecular weight excluding hydrogens is 387 g/mol. The Hall–Kier alpha value is -2.80. The Bertz CT molecular complexity index is 869. The van der Waals surface area contributed by atoms with E-state index in [1.807, 2.05) is 24.3 Å². The molecule has 28 heavy (non-hydrogen) atoms. The molecule has 2 aromatic carbocycles. The van der Waals surface area contributed by atoms with Gasteiger partial charge in [-0.2, -0.15) is 0 Å². The van der Waals surface area contributed by atoms with Crippen LogP contribution < -0.4 is 9.64 Å². The highest BCUT2D eigenvalue weighted by Gasteiger charge is 2.24. The maximum absolute atomic E-state index is 13.9. The smallest absolute Gasteiger partial charge is 0.341 e. The monoisotopic (exact) mass is 406 g/mol. The van der Waals surface area contributed by atoms with Gasteiger partial charge in [-0.15, -0.1) is 0 Å². The average molecular weight is 407 g/mol. The molecule has 0 spiro atoms. The first kappa shape index (κ1) is 19.9. The van der Waals surface area contributed by atoms with Gasteiger partial charge in [0.2, 0.25) is 0 Å². The zero-order chi connectivity index (χ0) is 20.1. The number of piperazine rings is 1. The van der Waals surface area contributed by atoms with Gasteiger partial charge in [-0.3, -0.25) is 4.79 Å². The van der Waals surface area contributed by atoms with Gasteiger partial charge < -0.3 is 19.3 Å². The second kappa shape index (κ2) is 8.93. The fourth-order valence-electron chi connectivity index (χ4n) is 2.99. The van der Waals surface area contributed by atoms with Crippen LogP contribution in [0.5, 0.6) is 5.75 Å². The molecule has 0 aromatic heterocycles. The van der Waals surface area contributed by atoms with Gasteiger partial charge in [0.25, 0.3) is 5.91 Å². The maximum atomic E-state index is 13.9. The van der Waals surface area contributed by atoms with Crippen LogP contribution in [0.15, 0.2) is 42.5 Å². The molecule has 0 N–H and O–H groups in total. The van der Waals surface area contributed by atoms with Crippen LogP contribution in [-0.4, -0.2) is 56.7 Å². The summed E-state index contributed by atoms with van der Waals surface area (Å²) in [7, 11) is 1.40. The second-order valence-corrected chi connectivity index (χ2v) is 6.65. The minimum Gasteiger partial charge on any atom is -0.497 e. The van der Waals surface area contributed by atoms with E-state index in [0.29, 0.717) is 37.0 Å². The largest absolute Gasteiger partial charge is 0.497 e. The van der Waals surface area contributed by atoms with E-state index in [1.165, 1.54) is 19.2 Å². The number of anilines is 1. The zero-order valence-electron chi connectivity index (χ0n) is 15.4. The Morgan fingerprint density at radius 3 is 2.46 bits per heavy atom. The number of hydrogen-bond donors (Lipinski definition) is 0. The molecule has 1 aliphatic heterocycles. The summed E-state index contributed by atoms with van der Waals surface area (Å²) in [5.74, 6) is -1.67. The number of para-hydroxylation sites is 1. The summed E-state index contributed by atoms with van der Waals surface area (Å²) in [4.78, 5) is 28.1. The SMILES string of the molecule is COc1ccc(C(=O)OCC(=O)N2CCN(c3ccccc3Cl)CC2)c(F)c1. The van der Waals surface area contributed by atoms with Crippen molar-refractivity contribution in [2.24, 2.45) is 0 Å². The van der Waals surface area contributed by atoms with E-state index in [0.717, 1.165) is 11.8 Å². The van der Waals surface area contributed by atoms with Gasteiger partial charge in [0.15, 0.2) is 6.61 Å². The van der Waals surface area contributed by atoms with Gasteiger partial charge >= 0.3 is 5.97 Å². The fraction of sp³-hybridized carbons (Fsp3) is 0.300. The van der Waals surface area contributed by atoms with Crippen LogP contribution >= 0.6 is 11.6 Å². The molecule has 0 atom stereocenters. The molecule has 3 rings (SSSR count). The molecule has 0 bridgehead atoms. The van der Waals surface area contributed by atoms with Crippen molar-refractivity contribution >= 4 is 29.2 Å². The molecule has 0 unspecified atom stereocenters. The van der Waals surface area contributed by atoms with Crippen molar-refractivity contribution in [2.45, 2.75) is 0 Å². The summed E-state index contributed by atoms with van der Waals surface area (Å²) in [6.45, 7) is 1.78. The van der Waals surface area contributed by atoms with E-state index in [9.17, 15) is 14.0 Å². The number of carbonyl (C=O) groups excluding carboxylic acids is 2. The Morgan fingerprint density at radius 1 is 1.11 bits per heavy atom. The fourth-order valence-corrected chi connectivity index (χ4v) is 3.24. The van der Waals surface area contributed by atoms with E-state index < -0.39 is 18.4 Å². The Kier molecular flexibility index (Phi) is 6.36. The van der Waals surface area contributed by atoms with E-state index >= 15 is 0 Å². The molecule has 8 heteroatoms. The second-order valence-electron chi connectivity index (χ2n) is 6.24.